The van der Waals surface area contributed by atoms with E-state index in [1.807, 2.05) is 0 Å². The van der Waals surface area contributed by atoms with Crippen LogP contribution < -0.4 is 11.1 Å². The summed E-state index contributed by atoms with van der Waals surface area (Å²) in [6.45, 7) is 0.963. The minimum atomic E-state index is -0.724. The van der Waals surface area contributed by atoms with Crippen LogP contribution in [0.15, 0.2) is 42.5 Å². The summed E-state index contributed by atoms with van der Waals surface area (Å²) in [5.74, 6) is -1.31. The fourth-order valence-electron chi connectivity index (χ4n) is 1.95. The number of benzene rings is 2. The smallest absolute Gasteiger partial charge is 0.340 e. The lowest BCUT2D eigenvalue weighted by Crippen LogP contribution is -2.15. The van der Waals surface area contributed by atoms with E-state index in [1.54, 1.807) is 24.3 Å². The number of hydrogen-bond donors (Lipinski definition) is 2. The first-order valence-corrected chi connectivity index (χ1v) is 7.38. The molecule has 3 N–H and O–H groups in total. The second-order valence-corrected chi connectivity index (χ2v) is 5.37. The largest absolute Gasteiger partial charge is 0.454 e. The highest BCUT2D eigenvalue weighted by molar-refractivity contribution is 6.33. The van der Waals surface area contributed by atoms with Crippen molar-refractivity contribution in [1.82, 2.24) is 0 Å². The molecule has 0 spiro atoms. The van der Waals surface area contributed by atoms with E-state index < -0.39 is 12.6 Å². The maximum Gasteiger partial charge on any atom is 0.340 e. The van der Waals surface area contributed by atoms with Crippen LogP contribution in [0.4, 0.5) is 11.4 Å². The highest BCUT2D eigenvalue weighted by Gasteiger charge is 2.15. The number of rotatable bonds is 5. The van der Waals surface area contributed by atoms with Crippen molar-refractivity contribution in [2.24, 2.45) is 0 Å². The van der Waals surface area contributed by atoms with E-state index in [4.69, 9.17) is 22.1 Å². The molecule has 1 amide bonds. The maximum atomic E-state index is 12.0. The number of halogens is 1. The van der Waals surface area contributed by atoms with Crippen molar-refractivity contribution in [1.29, 1.82) is 0 Å². The summed E-state index contributed by atoms with van der Waals surface area (Å²) in [5.41, 5.74) is 6.85. The number of para-hydroxylation sites is 1. The van der Waals surface area contributed by atoms with Gasteiger partial charge in [-0.1, -0.05) is 17.7 Å². The molecule has 0 atom stereocenters. The Labute approximate surface area is 143 Å². The van der Waals surface area contributed by atoms with E-state index in [0.29, 0.717) is 11.3 Å². The summed E-state index contributed by atoms with van der Waals surface area (Å²) in [7, 11) is 0. The second-order valence-electron chi connectivity index (χ2n) is 4.96. The number of carbonyl (C=O) groups excluding carboxylic acids is 3. The van der Waals surface area contributed by atoms with Crippen molar-refractivity contribution in [3.8, 4) is 0 Å². The van der Waals surface area contributed by atoms with Crippen molar-refractivity contribution in [3.63, 3.8) is 0 Å². The zero-order valence-corrected chi connectivity index (χ0v) is 13.6. The predicted octanol–water partition coefficient (Wildman–Crippen LogP) is 2.92. The lowest BCUT2D eigenvalue weighted by atomic mass is 10.1. The Kier molecular flexibility index (Phi) is 5.55. The topological polar surface area (TPSA) is 98.5 Å². The number of nitrogens with one attached hydrogen (secondary N) is 1. The molecule has 0 aromatic heterocycles. The van der Waals surface area contributed by atoms with Crippen LogP contribution in [0.3, 0.4) is 0 Å². The Morgan fingerprint density at radius 2 is 1.79 bits per heavy atom. The van der Waals surface area contributed by atoms with Crippen LogP contribution in [0.1, 0.15) is 27.6 Å². The molecule has 0 aliphatic rings. The lowest BCUT2D eigenvalue weighted by Gasteiger charge is -2.08. The Balaban J connectivity index is 1.98. The molecular formula is C17H15ClN2O4. The van der Waals surface area contributed by atoms with Crippen molar-refractivity contribution in [2.75, 3.05) is 17.7 Å². The fourth-order valence-corrected chi connectivity index (χ4v) is 2.12. The SMILES string of the molecule is CC(=O)Nc1ccc(C(=O)COC(=O)c2cccc(Cl)c2N)cc1. The van der Waals surface area contributed by atoms with E-state index in [0.717, 1.165) is 0 Å². The molecule has 24 heavy (non-hydrogen) atoms. The van der Waals surface area contributed by atoms with Gasteiger partial charge in [-0.3, -0.25) is 9.59 Å². The molecule has 0 aliphatic heterocycles. The van der Waals surface area contributed by atoms with Crippen LogP contribution in [-0.2, 0) is 9.53 Å². The van der Waals surface area contributed by atoms with E-state index in [2.05, 4.69) is 5.32 Å². The normalized spacial score (nSPS) is 10.1. The average molecular weight is 347 g/mol. The summed E-state index contributed by atoms with van der Waals surface area (Å²) in [6, 6.07) is 10.8. The molecule has 6 nitrogen and oxygen atoms in total. The molecule has 0 unspecified atom stereocenters. The first-order valence-electron chi connectivity index (χ1n) is 7.00. The summed E-state index contributed by atoms with van der Waals surface area (Å²) in [5, 5.41) is 2.83. The van der Waals surface area contributed by atoms with Crippen LogP contribution in [0.5, 0.6) is 0 Å². The van der Waals surface area contributed by atoms with Gasteiger partial charge in [-0.2, -0.15) is 0 Å². The molecule has 2 aromatic carbocycles. The van der Waals surface area contributed by atoms with Gasteiger partial charge in [-0.05, 0) is 36.4 Å². The average Bonchev–Trinajstić information content (AvgIpc) is 2.55. The molecule has 2 aromatic rings. The Morgan fingerprint density at radius 3 is 2.42 bits per heavy atom. The molecule has 0 fully saturated rings. The number of nitrogens with two attached hydrogens (primary N) is 1. The quantitative estimate of drug-likeness (QED) is 0.492. The molecule has 7 heteroatoms. The monoisotopic (exact) mass is 346 g/mol. The van der Waals surface area contributed by atoms with Gasteiger partial charge >= 0.3 is 5.97 Å². The molecule has 0 saturated heterocycles. The number of esters is 1. The number of amides is 1. The minimum absolute atomic E-state index is 0.108. The number of nitrogen functional groups attached to an aromatic ring is 1. The van der Waals surface area contributed by atoms with Crippen molar-refractivity contribution < 1.29 is 19.1 Å². The minimum Gasteiger partial charge on any atom is -0.454 e. The van der Waals surface area contributed by atoms with Crippen LogP contribution in [-0.4, -0.2) is 24.3 Å². The van der Waals surface area contributed by atoms with E-state index >= 15 is 0 Å². The lowest BCUT2D eigenvalue weighted by molar-refractivity contribution is -0.114. The number of hydrogen-bond acceptors (Lipinski definition) is 5. The highest BCUT2D eigenvalue weighted by Crippen LogP contribution is 2.23. The van der Waals surface area contributed by atoms with Gasteiger partial charge in [0.2, 0.25) is 5.91 Å². The van der Waals surface area contributed by atoms with E-state index in [1.165, 1.54) is 25.1 Å². The number of anilines is 2. The molecule has 0 aliphatic carbocycles. The molecule has 124 valence electrons. The van der Waals surface area contributed by atoms with Gasteiger partial charge in [-0.25, -0.2) is 4.79 Å². The summed E-state index contributed by atoms with van der Waals surface area (Å²) >= 11 is 5.84. The van der Waals surface area contributed by atoms with Crippen LogP contribution in [0.25, 0.3) is 0 Å². The van der Waals surface area contributed by atoms with E-state index in [-0.39, 0.29) is 28.0 Å². The van der Waals surface area contributed by atoms with Crippen molar-refractivity contribution in [3.05, 3.63) is 58.6 Å². The summed E-state index contributed by atoms with van der Waals surface area (Å²) in [4.78, 5) is 35.0. The molecular weight excluding hydrogens is 332 g/mol. The maximum absolute atomic E-state index is 12.0. The van der Waals surface area contributed by atoms with Gasteiger partial charge in [0.1, 0.15) is 0 Å². The standard InChI is InChI=1S/C17H15ClN2O4/c1-10(21)20-12-7-5-11(6-8-12)15(22)9-24-17(23)13-3-2-4-14(18)16(13)19/h2-8H,9,19H2,1H3,(H,20,21). The summed E-state index contributed by atoms with van der Waals surface area (Å²) in [6.07, 6.45) is 0. The Morgan fingerprint density at radius 1 is 1.12 bits per heavy atom. The van der Waals surface area contributed by atoms with Crippen molar-refractivity contribution in [2.45, 2.75) is 6.92 Å². The van der Waals surface area contributed by atoms with Gasteiger partial charge < -0.3 is 15.8 Å². The third-order valence-electron chi connectivity index (χ3n) is 3.13. The Bertz CT molecular complexity index is 788. The third-order valence-corrected chi connectivity index (χ3v) is 3.46. The molecule has 0 heterocycles. The van der Waals surface area contributed by atoms with E-state index in [9.17, 15) is 14.4 Å². The van der Waals surface area contributed by atoms with Crippen LogP contribution >= 0.6 is 11.6 Å². The third kappa shape index (κ3) is 4.33. The highest BCUT2D eigenvalue weighted by atomic mass is 35.5. The van der Waals surface area contributed by atoms with Gasteiger partial charge in [0, 0.05) is 18.2 Å². The molecule has 0 saturated carbocycles. The summed E-state index contributed by atoms with van der Waals surface area (Å²) < 4.78 is 4.98. The molecule has 0 radical (unpaired) electrons. The van der Waals surface area contributed by atoms with Crippen LogP contribution in [0, 0.1) is 0 Å². The number of ketones is 1. The fraction of sp³-hybridized carbons (Fsp3) is 0.118. The predicted molar refractivity (Wildman–Crippen MR) is 91.2 cm³/mol. The van der Waals surface area contributed by atoms with Gasteiger partial charge in [0.05, 0.1) is 16.3 Å². The number of Topliss-reactive ketones (excluding diaryl/α,β-unsaturated/α-hetero) is 1. The van der Waals surface area contributed by atoms with Crippen molar-refractivity contribution >= 4 is 40.6 Å². The first kappa shape index (κ1) is 17.5. The number of carbonyl (C=O) groups is 3. The van der Waals surface area contributed by atoms with Crippen LogP contribution in [0.2, 0.25) is 5.02 Å². The first-order chi connectivity index (χ1) is 11.4. The second kappa shape index (κ2) is 7.61. The van der Waals surface area contributed by atoms with Gasteiger partial charge in [-0.15, -0.1) is 0 Å². The Hall–Kier alpha value is -2.86. The van der Waals surface area contributed by atoms with Gasteiger partial charge in [0.25, 0.3) is 0 Å². The zero-order chi connectivity index (χ0) is 17.7. The van der Waals surface area contributed by atoms with Gasteiger partial charge in [0.15, 0.2) is 12.4 Å². The number of ether oxygens (including phenoxy) is 1. The zero-order valence-electron chi connectivity index (χ0n) is 12.8. The molecule has 2 rings (SSSR count). The molecule has 0 bridgehead atoms.